The molecule has 1 saturated carbocycles. The van der Waals surface area contributed by atoms with Gasteiger partial charge in [-0.2, -0.15) is 5.26 Å². The second-order valence-corrected chi connectivity index (χ2v) is 6.61. The molecule has 1 aromatic carbocycles. The summed E-state index contributed by atoms with van der Waals surface area (Å²) in [5.74, 6) is 0.850. The number of carbonyl (C=O) groups is 1. The fourth-order valence-electron chi connectivity index (χ4n) is 2.52. The van der Waals surface area contributed by atoms with Crippen molar-refractivity contribution in [3.05, 3.63) is 29.8 Å². The highest BCUT2D eigenvalue weighted by atomic mass is 32.2. The average Bonchev–Trinajstić information content (AvgIpc) is 2.91. The summed E-state index contributed by atoms with van der Waals surface area (Å²) in [5.41, 5.74) is 0.903. The normalized spacial score (nSPS) is 16.6. The van der Waals surface area contributed by atoms with Crippen LogP contribution in [0.4, 0.5) is 5.69 Å². The number of benzene rings is 1. The molecule has 0 radical (unpaired) electrons. The first kappa shape index (κ1) is 14.7. The van der Waals surface area contributed by atoms with E-state index in [0.717, 1.165) is 12.8 Å². The summed E-state index contributed by atoms with van der Waals surface area (Å²) in [6.45, 7) is 0. The zero-order valence-electron chi connectivity index (χ0n) is 11.3. The van der Waals surface area contributed by atoms with E-state index < -0.39 is 10.8 Å². The molecule has 1 amide bonds. The number of amides is 1. The maximum absolute atomic E-state index is 11.9. The van der Waals surface area contributed by atoms with Crippen molar-refractivity contribution in [2.45, 2.75) is 25.7 Å². The molecule has 0 saturated heterocycles. The fourth-order valence-corrected chi connectivity index (χ4v) is 3.86. The Kier molecular flexibility index (Phi) is 5.31. The average molecular weight is 290 g/mol. The molecule has 1 N–H and O–H groups in total. The number of nitrogens with zero attached hydrogens (tertiary/aromatic N) is 1. The highest BCUT2D eigenvalue weighted by molar-refractivity contribution is 7.85. The molecule has 1 atom stereocenters. The van der Waals surface area contributed by atoms with E-state index in [4.69, 9.17) is 5.26 Å². The van der Waals surface area contributed by atoms with E-state index >= 15 is 0 Å². The predicted octanol–water partition coefficient (Wildman–Crippen LogP) is 2.44. The van der Waals surface area contributed by atoms with E-state index in [1.807, 2.05) is 6.07 Å². The van der Waals surface area contributed by atoms with E-state index in [9.17, 15) is 9.00 Å². The van der Waals surface area contributed by atoms with Gasteiger partial charge in [0.2, 0.25) is 5.91 Å². The number of hydrogen-bond donors (Lipinski definition) is 1. The second kappa shape index (κ2) is 7.20. The van der Waals surface area contributed by atoms with Gasteiger partial charge in [0.15, 0.2) is 0 Å². The van der Waals surface area contributed by atoms with Crippen LogP contribution >= 0.6 is 0 Å². The molecular formula is C15H18N2O2S. The zero-order chi connectivity index (χ0) is 14.4. The van der Waals surface area contributed by atoms with Gasteiger partial charge >= 0.3 is 0 Å². The zero-order valence-corrected chi connectivity index (χ0v) is 12.1. The number of rotatable bonds is 5. The lowest BCUT2D eigenvalue weighted by atomic mass is 10.1. The predicted molar refractivity (Wildman–Crippen MR) is 79.6 cm³/mol. The molecule has 106 valence electrons. The lowest BCUT2D eigenvalue weighted by molar-refractivity contribution is -0.113. The first-order valence-electron chi connectivity index (χ1n) is 6.83. The lowest BCUT2D eigenvalue weighted by Crippen LogP contribution is -2.23. The van der Waals surface area contributed by atoms with E-state index in [0.29, 0.717) is 22.9 Å². The Morgan fingerprint density at radius 3 is 2.75 bits per heavy atom. The molecule has 2 rings (SSSR count). The van der Waals surface area contributed by atoms with Crippen molar-refractivity contribution in [2.75, 3.05) is 16.8 Å². The van der Waals surface area contributed by atoms with Crippen molar-refractivity contribution in [1.29, 1.82) is 5.26 Å². The molecule has 0 heterocycles. The minimum Gasteiger partial charge on any atom is -0.324 e. The molecule has 5 heteroatoms. The van der Waals surface area contributed by atoms with Crippen LogP contribution < -0.4 is 5.32 Å². The molecule has 1 aliphatic rings. The minimum atomic E-state index is -1.12. The summed E-state index contributed by atoms with van der Waals surface area (Å²) in [4.78, 5) is 11.9. The van der Waals surface area contributed by atoms with Gasteiger partial charge in [0.25, 0.3) is 0 Å². The number of para-hydroxylation sites is 1. The molecule has 0 spiro atoms. The molecule has 20 heavy (non-hydrogen) atoms. The van der Waals surface area contributed by atoms with E-state index in [1.54, 1.807) is 24.3 Å². The van der Waals surface area contributed by atoms with Crippen LogP contribution in [0.25, 0.3) is 0 Å². The Bertz CT molecular complexity index is 545. The number of carbonyl (C=O) groups excluding carboxylic acids is 1. The molecule has 1 aromatic rings. The highest BCUT2D eigenvalue weighted by Crippen LogP contribution is 2.25. The fraction of sp³-hybridized carbons (Fsp3) is 0.467. The quantitative estimate of drug-likeness (QED) is 0.905. The molecular weight excluding hydrogens is 272 g/mol. The smallest absolute Gasteiger partial charge is 0.237 e. The van der Waals surface area contributed by atoms with Gasteiger partial charge in [-0.05, 0) is 30.9 Å². The van der Waals surface area contributed by atoms with E-state index in [2.05, 4.69) is 5.32 Å². The van der Waals surface area contributed by atoms with Crippen molar-refractivity contribution < 1.29 is 9.00 Å². The van der Waals surface area contributed by atoms with Gasteiger partial charge in [0.05, 0.1) is 11.3 Å². The maximum Gasteiger partial charge on any atom is 0.237 e. The summed E-state index contributed by atoms with van der Waals surface area (Å²) in [6, 6.07) is 8.84. The first-order chi connectivity index (χ1) is 9.69. The molecule has 0 bridgehead atoms. The van der Waals surface area contributed by atoms with Crippen molar-refractivity contribution in [3.63, 3.8) is 0 Å². The van der Waals surface area contributed by atoms with Crippen molar-refractivity contribution >= 4 is 22.4 Å². The highest BCUT2D eigenvalue weighted by Gasteiger charge is 2.19. The van der Waals surface area contributed by atoms with Crippen LogP contribution in [0.2, 0.25) is 0 Å². The van der Waals surface area contributed by atoms with Crippen LogP contribution in [0, 0.1) is 17.2 Å². The third kappa shape index (κ3) is 4.17. The lowest BCUT2D eigenvalue weighted by Gasteiger charge is -2.09. The first-order valence-corrected chi connectivity index (χ1v) is 8.32. The van der Waals surface area contributed by atoms with Gasteiger partial charge in [0, 0.05) is 16.6 Å². The van der Waals surface area contributed by atoms with Crippen LogP contribution in [0.1, 0.15) is 31.2 Å². The molecule has 1 fully saturated rings. The van der Waals surface area contributed by atoms with Gasteiger partial charge in [0.1, 0.15) is 11.8 Å². The molecule has 4 nitrogen and oxygen atoms in total. The molecule has 1 unspecified atom stereocenters. The SMILES string of the molecule is N#Cc1ccccc1NC(=O)CS(=O)CC1CCCC1. The number of hydrogen-bond acceptors (Lipinski definition) is 3. The van der Waals surface area contributed by atoms with Gasteiger partial charge in [-0.15, -0.1) is 0 Å². The van der Waals surface area contributed by atoms with Gasteiger partial charge < -0.3 is 5.32 Å². The van der Waals surface area contributed by atoms with Gasteiger partial charge in [-0.1, -0.05) is 25.0 Å². The molecule has 1 aliphatic carbocycles. The molecule has 0 aliphatic heterocycles. The number of nitriles is 1. The van der Waals surface area contributed by atoms with Crippen molar-refractivity contribution in [3.8, 4) is 6.07 Å². The summed E-state index contributed by atoms with van der Waals surface area (Å²) < 4.78 is 11.9. The van der Waals surface area contributed by atoms with Crippen LogP contribution in [0.15, 0.2) is 24.3 Å². The summed E-state index contributed by atoms with van der Waals surface area (Å²) >= 11 is 0. The Morgan fingerprint density at radius 2 is 2.05 bits per heavy atom. The van der Waals surface area contributed by atoms with Gasteiger partial charge in [-0.25, -0.2) is 0 Å². The van der Waals surface area contributed by atoms with Crippen LogP contribution in [-0.4, -0.2) is 21.6 Å². The Balaban J connectivity index is 1.85. The summed E-state index contributed by atoms with van der Waals surface area (Å²) in [6.07, 6.45) is 4.68. The van der Waals surface area contributed by atoms with Crippen LogP contribution in [0.5, 0.6) is 0 Å². The van der Waals surface area contributed by atoms with Crippen LogP contribution in [-0.2, 0) is 15.6 Å². The van der Waals surface area contributed by atoms with E-state index in [-0.39, 0.29) is 11.7 Å². The van der Waals surface area contributed by atoms with Crippen molar-refractivity contribution in [2.24, 2.45) is 5.92 Å². The third-order valence-electron chi connectivity index (χ3n) is 3.51. The van der Waals surface area contributed by atoms with E-state index in [1.165, 1.54) is 12.8 Å². The van der Waals surface area contributed by atoms with Gasteiger partial charge in [-0.3, -0.25) is 9.00 Å². The molecule has 0 aromatic heterocycles. The minimum absolute atomic E-state index is 0.0102. The maximum atomic E-state index is 11.9. The monoisotopic (exact) mass is 290 g/mol. The summed E-state index contributed by atoms with van der Waals surface area (Å²) in [7, 11) is -1.12. The largest absolute Gasteiger partial charge is 0.324 e. The number of anilines is 1. The number of nitrogens with one attached hydrogen (secondary N) is 1. The Labute approximate surface area is 121 Å². The standard InChI is InChI=1S/C15H18N2O2S/c16-9-13-7-3-4-8-14(13)17-15(18)11-20(19)10-12-5-1-2-6-12/h3-4,7-8,12H,1-2,5-6,10-11H2,(H,17,18). The van der Waals surface area contributed by atoms with Crippen LogP contribution in [0.3, 0.4) is 0 Å². The Morgan fingerprint density at radius 1 is 1.35 bits per heavy atom. The summed E-state index contributed by atoms with van der Waals surface area (Å²) in [5, 5.41) is 11.6. The topological polar surface area (TPSA) is 70.0 Å². The second-order valence-electron chi connectivity index (χ2n) is 5.11. The third-order valence-corrected chi connectivity index (χ3v) is 4.94. The Hall–Kier alpha value is -1.67. The van der Waals surface area contributed by atoms with Crippen molar-refractivity contribution in [1.82, 2.24) is 0 Å².